The van der Waals surface area contributed by atoms with Gasteiger partial charge in [0.15, 0.2) is 5.82 Å². The van der Waals surface area contributed by atoms with Gasteiger partial charge in [0.1, 0.15) is 17.6 Å². The minimum atomic E-state index is -4.73. The summed E-state index contributed by atoms with van der Waals surface area (Å²) in [7, 11) is 0. The third-order valence-corrected chi connectivity index (χ3v) is 5.01. The Balaban J connectivity index is 2.14. The van der Waals surface area contributed by atoms with Crippen molar-refractivity contribution in [1.29, 1.82) is 0 Å². The van der Waals surface area contributed by atoms with Gasteiger partial charge in [-0.15, -0.1) is 0 Å². The maximum Gasteiger partial charge on any atom is 0.417 e. The average Bonchev–Trinajstić information content (AvgIpc) is 2.96. The molecule has 0 aliphatic carbocycles. The van der Waals surface area contributed by atoms with Gasteiger partial charge in [-0.3, -0.25) is 9.56 Å². The molecule has 0 spiro atoms. The number of alkyl halides is 3. The molecule has 0 saturated heterocycles. The number of rotatable bonds is 1. The summed E-state index contributed by atoms with van der Waals surface area (Å²) < 4.78 is 56.7. The molecule has 0 unspecified atom stereocenters. The molecular formula is C19H13ClF4N4O. The first-order chi connectivity index (χ1) is 13.6. The molecule has 0 saturated carbocycles. The van der Waals surface area contributed by atoms with E-state index in [4.69, 9.17) is 11.6 Å². The molecule has 0 amide bonds. The molecule has 10 heteroatoms. The molecular weight excluding hydrogens is 412 g/mol. The van der Waals surface area contributed by atoms with Crippen LogP contribution in [-0.4, -0.2) is 25.4 Å². The van der Waals surface area contributed by atoms with Crippen LogP contribution in [0.1, 0.15) is 41.3 Å². The van der Waals surface area contributed by atoms with Gasteiger partial charge in [0.25, 0.3) is 0 Å². The predicted octanol–water partition coefficient (Wildman–Crippen LogP) is 5.00. The third kappa shape index (κ3) is 3.05. The Kier molecular flexibility index (Phi) is 4.38. The van der Waals surface area contributed by atoms with E-state index >= 15 is 0 Å². The summed E-state index contributed by atoms with van der Waals surface area (Å²) in [4.78, 5) is 12.4. The number of hydrogen-bond donors (Lipinski definition) is 1. The highest BCUT2D eigenvalue weighted by Gasteiger charge is 2.37. The highest BCUT2D eigenvalue weighted by atomic mass is 35.5. The minimum absolute atomic E-state index is 0.134. The average molecular weight is 425 g/mol. The van der Waals surface area contributed by atoms with Crippen molar-refractivity contribution in [1.82, 2.24) is 14.5 Å². The van der Waals surface area contributed by atoms with Crippen LogP contribution in [0, 0.1) is 12.7 Å². The van der Waals surface area contributed by atoms with E-state index in [9.17, 15) is 22.7 Å². The normalized spacial score (nSPS) is 16.1. The summed E-state index contributed by atoms with van der Waals surface area (Å²) in [6.45, 7) is 3.40. The van der Waals surface area contributed by atoms with Crippen molar-refractivity contribution in [2.24, 2.45) is 4.99 Å². The summed E-state index contributed by atoms with van der Waals surface area (Å²) in [5, 5.41) is 9.09. The van der Waals surface area contributed by atoms with E-state index in [2.05, 4.69) is 15.0 Å². The predicted molar refractivity (Wildman–Crippen MR) is 98.2 cm³/mol. The Bertz CT molecular complexity index is 1170. The first-order valence-electron chi connectivity index (χ1n) is 8.48. The van der Waals surface area contributed by atoms with Crippen molar-refractivity contribution < 1.29 is 22.7 Å². The highest BCUT2D eigenvalue weighted by molar-refractivity contribution is 6.37. The van der Waals surface area contributed by atoms with Crippen LogP contribution in [0.2, 0.25) is 5.02 Å². The quantitative estimate of drug-likeness (QED) is 0.559. The van der Waals surface area contributed by atoms with Gasteiger partial charge in [-0.1, -0.05) is 11.6 Å². The molecule has 2 aromatic heterocycles. The molecule has 1 aliphatic rings. The van der Waals surface area contributed by atoms with Gasteiger partial charge < -0.3 is 5.11 Å². The van der Waals surface area contributed by atoms with Gasteiger partial charge >= 0.3 is 6.18 Å². The van der Waals surface area contributed by atoms with Crippen LogP contribution in [0.5, 0.6) is 5.88 Å². The Morgan fingerprint density at radius 2 is 1.90 bits per heavy atom. The number of benzene rings is 1. The van der Waals surface area contributed by atoms with Crippen LogP contribution in [0.25, 0.3) is 5.69 Å². The van der Waals surface area contributed by atoms with E-state index in [0.717, 1.165) is 18.2 Å². The van der Waals surface area contributed by atoms with Crippen molar-refractivity contribution in [3.8, 4) is 11.6 Å². The summed E-state index contributed by atoms with van der Waals surface area (Å²) >= 11 is 6.21. The van der Waals surface area contributed by atoms with E-state index in [-0.39, 0.29) is 17.0 Å². The first kappa shape index (κ1) is 19.4. The van der Waals surface area contributed by atoms with Gasteiger partial charge in [0, 0.05) is 23.5 Å². The number of nitrogens with zero attached hydrogens (tertiary/aromatic N) is 4. The van der Waals surface area contributed by atoms with E-state index in [1.54, 1.807) is 24.6 Å². The van der Waals surface area contributed by atoms with Crippen molar-refractivity contribution >= 4 is 17.3 Å². The van der Waals surface area contributed by atoms with Gasteiger partial charge in [0.05, 0.1) is 22.0 Å². The number of hydrogen-bond acceptors (Lipinski definition) is 4. The lowest BCUT2D eigenvalue weighted by atomic mass is 10.00. The van der Waals surface area contributed by atoms with Crippen LogP contribution >= 0.6 is 11.6 Å². The summed E-state index contributed by atoms with van der Waals surface area (Å²) in [6, 6.07) is 3.46. The molecule has 4 rings (SSSR count). The van der Waals surface area contributed by atoms with E-state index in [0.29, 0.717) is 11.5 Å². The van der Waals surface area contributed by atoms with E-state index < -0.39 is 40.2 Å². The standard InChI is InChI=1S/C19H13ClF4N4O/c1-8-7-25-18-9(2)26-17(16-11(21)4-6-13(29)27-16)14-12(28(8)18)5-3-10(15(14)20)19(22,23)24/h3-7,9H,1-2H3,(H,27,29)/t9-/m0/s1. The van der Waals surface area contributed by atoms with Crippen molar-refractivity contribution in [2.45, 2.75) is 26.1 Å². The molecule has 3 heterocycles. The van der Waals surface area contributed by atoms with Gasteiger partial charge in [-0.05, 0) is 32.0 Å². The van der Waals surface area contributed by atoms with Crippen molar-refractivity contribution in [3.63, 3.8) is 0 Å². The van der Waals surface area contributed by atoms with Crippen LogP contribution in [0.15, 0.2) is 35.5 Å². The number of aromatic hydroxyl groups is 1. The second-order valence-corrected chi connectivity index (χ2v) is 6.94. The largest absolute Gasteiger partial charge is 0.493 e. The number of halogens is 5. The Morgan fingerprint density at radius 3 is 2.59 bits per heavy atom. The molecule has 1 atom stereocenters. The molecule has 0 bridgehead atoms. The van der Waals surface area contributed by atoms with Crippen LogP contribution in [0.3, 0.4) is 0 Å². The second kappa shape index (κ2) is 6.55. The molecule has 150 valence electrons. The molecule has 0 fully saturated rings. The minimum Gasteiger partial charge on any atom is -0.493 e. The van der Waals surface area contributed by atoms with E-state index in [1.165, 1.54) is 6.07 Å². The zero-order valence-corrected chi connectivity index (χ0v) is 15.8. The molecule has 3 aromatic rings. The van der Waals surface area contributed by atoms with Crippen molar-refractivity contribution in [3.05, 3.63) is 69.6 Å². The fourth-order valence-electron chi connectivity index (χ4n) is 3.35. The SMILES string of the molecule is Cc1cnc2n1-c1ccc(C(F)(F)F)c(Cl)c1C(c1nc(O)ccc1F)=N[C@H]2C. The summed E-state index contributed by atoms with van der Waals surface area (Å²) in [6.07, 6.45) is -3.17. The molecule has 5 nitrogen and oxygen atoms in total. The van der Waals surface area contributed by atoms with E-state index in [1.807, 2.05) is 0 Å². The molecule has 1 N–H and O–H groups in total. The Hall–Kier alpha value is -2.94. The maximum atomic E-state index is 14.6. The zero-order valence-electron chi connectivity index (χ0n) is 15.1. The summed E-state index contributed by atoms with van der Waals surface area (Å²) in [5.74, 6) is -0.904. The number of pyridine rings is 1. The fourth-order valence-corrected chi connectivity index (χ4v) is 3.71. The Morgan fingerprint density at radius 1 is 1.17 bits per heavy atom. The van der Waals surface area contributed by atoms with Gasteiger partial charge in [-0.2, -0.15) is 13.2 Å². The Labute approximate surface area is 167 Å². The number of imidazole rings is 1. The lowest BCUT2D eigenvalue weighted by Crippen LogP contribution is -2.16. The number of aryl methyl sites for hydroxylation is 1. The number of fused-ring (bicyclic) bond motifs is 3. The fraction of sp³-hybridized carbons (Fsp3) is 0.211. The van der Waals surface area contributed by atoms with Crippen LogP contribution < -0.4 is 0 Å². The zero-order chi connectivity index (χ0) is 21.1. The molecule has 0 radical (unpaired) electrons. The highest BCUT2D eigenvalue weighted by Crippen LogP contribution is 2.42. The third-order valence-electron chi connectivity index (χ3n) is 4.62. The smallest absolute Gasteiger partial charge is 0.417 e. The maximum absolute atomic E-state index is 14.6. The van der Waals surface area contributed by atoms with Gasteiger partial charge in [-0.25, -0.2) is 14.4 Å². The lowest BCUT2D eigenvalue weighted by Gasteiger charge is -2.18. The summed E-state index contributed by atoms with van der Waals surface area (Å²) in [5.41, 5.74) is -0.903. The first-order valence-corrected chi connectivity index (χ1v) is 8.85. The monoisotopic (exact) mass is 424 g/mol. The molecule has 29 heavy (non-hydrogen) atoms. The molecule has 1 aromatic carbocycles. The number of aromatic nitrogens is 3. The number of aliphatic imine (C=N–C) groups is 1. The second-order valence-electron chi connectivity index (χ2n) is 6.57. The molecule has 1 aliphatic heterocycles. The van der Waals surface area contributed by atoms with Crippen LogP contribution in [-0.2, 0) is 6.18 Å². The van der Waals surface area contributed by atoms with Crippen LogP contribution in [0.4, 0.5) is 17.6 Å². The topological polar surface area (TPSA) is 63.3 Å². The van der Waals surface area contributed by atoms with Gasteiger partial charge in [0.2, 0.25) is 5.88 Å². The van der Waals surface area contributed by atoms with Crippen molar-refractivity contribution in [2.75, 3.05) is 0 Å². The lowest BCUT2D eigenvalue weighted by molar-refractivity contribution is -0.137.